The average Bonchev–Trinajstić information content (AvgIpc) is 3.12. The smallest absolute Gasteiger partial charge is 0.361 e. The molecule has 0 amide bonds. The summed E-state index contributed by atoms with van der Waals surface area (Å²) in [6.45, 7) is 2.63. The number of para-hydroxylation sites is 1. The fourth-order valence-electron chi connectivity index (χ4n) is 3.45. The molecule has 8 heteroatoms. The van der Waals surface area contributed by atoms with Crippen LogP contribution in [0, 0.1) is 0 Å². The highest BCUT2D eigenvalue weighted by molar-refractivity contribution is 5.56. The molecule has 0 radical (unpaired) electrons. The van der Waals surface area contributed by atoms with Crippen LogP contribution in [0.2, 0.25) is 0 Å². The number of nitrogens with zero attached hydrogens (tertiary/aromatic N) is 5. The van der Waals surface area contributed by atoms with E-state index < -0.39 is 11.7 Å². The van der Waals surface area contributed by atoms with Crippen molar-refractivity contribution in [2.45, 2.75) is 38.5 Å². The molecule has 3 aromatic rings. The molecule has 0 fully saturated rings. The Kier molecular flexibility index (Phi) is 4.33. The SMILES string of the molecule is CC1CCc2ccccc2N1Cc1nnnn1-c1ccc(C(F)(F)F)cc1. The Morgan fingerprint density at radius 1 is 1.07 bits per heavy atom. The van der Waals surface area contributed by atoms with Crippen LogP contribution < -0.4 is 4.90 Å². The number of fused-ring (bicyclic) bond motifs is 1. The first-order chi connectivity index (χ1) is 12.9. The molecule has 0 saturated heterocycles. The highest BCUT2D eigenvalue weighted by atomic mass is 19.4. The molecule has 2 heterocycles. The quantitative estimate of drug-likeness (QED) is 0.696. The van der Waals surface area contributed by atoms with Crippen molar-refractivity contribution in [1.29, 1.82) is 0 Å². The molecule has 27 heavy (non-hydrogen) atoms. The van der Waals surface area contributed by atoms with Gasteiger partial charge in [-0.25, -0.2) is 0 Å². The summed E-state index contributed by atoms with van der Waals surface area (Å²) in [6, 6.07) is 13.4. The molecule has 0 saturated carbocycles. The molecular formula is C19H18F3N5. The van der Waals surface area contributed by atoms with Crippen LogP contribution in [0.4, 0.5) is 18.9 Å². The molecule has 5 nitrogen and oxygen atoms in total. The van der Waals surface area contributed by atoms with Crippen molar-refractivity contribution in [3.8, 4) is 5.69 Å². The predicted molar refractivity (Wildman–Crippen MR) is 94.6 cm³/mol. The third-order valence-corrected chi connectivity index (χ3v) is 4.95. The van der Waals surface area contributed by atoms with E-state index in [9.17, 15) is 13.2 Å². The van der Waals surface area contributed by atoms with Crippen molar-refractivity contribution < 1.29 is 13.2 Å². The van der Waals surface area contributed by atoms with Gasteiger partial charge in [0.25, 0.3) is 0 Å². The van der Waals surface area contributed by atoms with Gasteiger partial charge in [-0.05, 0) is 66.1 Å². The van der Waals surface area contributed by atoms with Gasteiger partial charge in [0.2, 0.25) is 0 Å². The van der Waals surface area contributed by atoms with Crippen LogP contribution in [0.1, 0.15) is 30.3 Å². The lowest BCUT2D eigenvalue weighted by molar-refractivity contribution is -0.137. The van der Waals surface area contributed by atoms with Crippen molar-refractivity contribution >= 4 is 5.69 Å². The third-order valence-electron chi connectivity index (χ3n) is 4.95. The van der Waals surface area contributed by atoms with E-state index in [0.717, 1.165) is 30.7 Å². The summed E-state index contributed by atoms with van der Waals surface area (Å²) in [5.74, 6) is 0.582. The molecule has 1 aliphatic rings. The molecule has 1 atom stereocenters. The maximum Gasteiger partial charge on any atom is 0.416 e. The van der Waals surface area contributed by atoms with Crippen molar-refractivity contribution in [1.82, 2.24) is 20.2 Å². The predicted octanol–water partition coefficient (Wildman–Crippen LogP) is 4.02. The van der Waals surface area contributed by atoms with E-state index >= 15 is 0 Å². The topological polar surface area (TPSA) is 46.8 Å². The molecule has 0 aliphatic carbocycles. The number of aromatic nitrogens is 4. The second-order valence-corrected chi connectivity index (χ2v) is 6.70. The lowest BCUT2D eigenvalue weighted by Gasteiger charge is -2.36. The minimum atomic E-state index is -4.37. The van der Waals surface area contributed by atoms with Crippen LogP contribution in [0.3, 0.4) is 0 Å². The zero-order chi connectivity index (χ0) is 19.0. The van der Waals surface area contributed by atoms with Crippen LogP contribution in [-0.4, -0.2) is 26.2 Å². The van der Waals surface area contributed by atoms with Crippen molar-refractivity contribution in [2.24, 2.45) is 0 Å². The number of halogens is 3. The number of tetrazole rings is 1. The van der Waals surface area contributed by atoms with Crippen molar-refractivity contribution in [3.05, 3.63) is 65.5 Å². The monoisotopic (exact) mass is 373 g/mol. The maximum atomic E-state index is 12.8. The van der Waals surface area contributed by atoms with Crippen LogP contribution in [0.15, 0.2) is 48.5 Å². The average molecular weight is 373 g/mol. The number of hydrogen-bond acceptors (Lipinski definition) is 4. The largest absolute Gasteiger partial charge is 0.416 e. The van der Waals surface area contributed by atoms with E-state index in [4.69, 9.17) is 0 Å². The van der Waals surface area contributed by atoms with Gasteiger partial charge in [-0.2, -0.15) is 17.9 Å². The van der Waals surface area contributed by atoms with Gasteiger partial charge in [-0.15, -0.1) is 5.10 Å². The molecule has 1 unspecified atom stereocenters. The van der Waals surface area contributed by atoms with E-state index in [-0.39, 0.29) is 0 Å². The van der Waals surface area contributed by atoms with Gasteiger partial charge in [-0.3, -0.25) is 0 Å². The van der Waals surface area contributed by atoms with Crippen molar-refractivity contribution in [3.63, 3.8) is 0 Å². The number of rotatable bonds is 3. The number of benzene rings is 2. The highest BCUT2D eigenvalue weighted by Gasteiger charge is 2.30. The summed E-state index contributed by atoms with van der Waals surface area (Å²) in [7, 11) is 0. The molecule has 0 N–H and O–H groups in total. The lowest BCUT2D eigenvalue weighted by Crippen LogP contribution is -2.37. The molecule has 0 bridgehead atoms. The Morgan fingerprint density at radius 2 is 1.81 bits per heavy atom. The molecule has 1 aromatic heterocycles. The Balaban J connectivity index is 1.63. The van der Waals surface area contributed by atoms with E-state index in [1.54, 1.807) is 0 Å². The summed E-state index contributed by atoms with van der Waals surface area (Å²) < 4.78 is 39.8. The van der Waals surface area contributed by atoms with Crippen LogP contribution >= 0.6 is 0 Å². The summed E-state index contributed by atoms with van der Waals surface area (Å²) >= 11 is 0. The van der Waals surface area contributed by atoms with Crippen molar-refractivity contribution in [2.75, 3.05) is 4.90 Å². The molecule has 4 rings (SSSR count). The Bertz CT molecular complexity index is 933. The van der Waals surface area contributed by atoms with E-state index in [1.807, 2.05) is 12.1 Å². The minimum absolute atomic E-state index is 0.317. The zero-order valence-electron chi connectivity index (χ0n) is 14.7. The molecule has 0 spiro atoms. The molecule has 1 aliphatic heterocycles. The van der Waals surface area contributed by atoms with Gasteiger partial charge in [-0.1, -0.05) is 18.2 Å². The van der Waals surface area contributed by atoms with Crippen LogP contribution in [0.25, 0.3) is 5.69 Å². The lowest BCUT2D eigenvalue weighted by atomic mass is 9.96. The number of anilines is 1. The van der Waals surface area contributed by atoms with Gasteiger partial charge in [0.1, 0.15) is 0 Å². The van der Waals surface area contributed by atoms with E-state index in [0.29, 0.717) is 24.1 Å². The summed E-state index contributed by atoms with van der Waals surface area (Å²) in [6.07, 6.45) is -2.31. The van der Waals surface area contributed by atoms with Gasteiger partial charge >= 0.3 is 6.18 Å². The van der Waals surface area contributed by atoms with E-state index in [1.165, 1.54) is 22.4 Å². The van der Waals surface area contributed by atoms with Gasteiger partial charge in [0.15, 0.2) is 5.82 Å². The van der Waals surface area contributed by atoms with E-state index in [2.05, 4.69) is 39.5 Å². The first-order valence-corrected chi connectivity index (χ1v) is 8.73. The Labute approximate surface area is 154 Å². The summed E-state index contributed by atoms with van der Waals surface area (Å²) in [4.78, 5) is 2.24. The second kappa shape index (κ2) is 6.68. The van der Waals surface area contributed by atoms with Crippen LogP contribution in [0.5, 0.6) is 0 Å². The van der Waals surface area contributed by atoms with Gasteiger partial charge in [0.05, 0.1) is 17.8 Å². The number of alkyl halides is 3. The second-order valence-electron chi connectivity index (χ2n) is 6.70. The normalized spacial score (nSPS) is 17.0. The van der Waals surface area contributed by atoms with Gasteiger partial charge < -0.3 is 4.90 Å². The maximum absolute atomic E-state index is 12.8. The first kappa shape index (κ1) is 17.5. The number of hydrogen-bond donors (Lipinski definition) is 0. The fraction of sp³-hybridized carbons (Fsp3) is 0.316. The minimum Gasteiger partial charge on any atom is -0.361 e. The molecular weight excluding hydrogens is 355 g/mol. The van der Waals surface area contributed by atoms with Crippen LogP contribution in [-0.2, 0) is 19.1 Å². The summed E-state index contributed by atoms with van der Waals surface area (Å²) in [5.41, 5.74) is 2.24. The Hall–Kier alpha value is -2.90. The third kappa shape index (κ3) is 3.39. The highest BCUT2D eigenvalue weighted by Crippen LogP contribution is 2.32. The fourth-order valence-corrected chi connectivity index (χ4v) is 3.45. The standard InChI is InChI=1S/C19H18F3N5/c1-13-6-7-14-4-2-3-5-17(14)26(13)12-18-23-24-25-27(18)16-10-8-15(9-11-16)19(20,21)22/h2-5,8-11,13H,6-7,12H2,1H3. The summed E-state index contributed by atoms with van der Waals surface area (Å²) in [5, 5.41) is 11.8. The van der Waals surface area contributed by atoms with Gasteiger partial charge in [0, 0.05) is 11.7 Å². The molecule has 2 aromatic carbocycles. The number of aryl methyl sites for hydroxylation is 1. The molecule has 140 valence electrons. The first-order valence-electron chi connectivity index (χ1n) is 8.73. The Morgan fingerprint density at radius 3 is 2.56 bits per heavy atom. The zero-order valence-corrected chi connectivity index (χ0v) is 14.7.